The molecular weight excluding hydrogens is 386 g/mol. The number of benzene rings is 1. The fourth-order valence-corrected chi connectivity index (χ4v) is 3.94. The van der Waals surface area contributed by atoms with Gasteiger partial charge >= 0.3 is 5.97 Å². The molecule has 0 unspecified atom stereocenters. The van der Waals surface area contributed by atoms with Crippen LogP contribution in [0.15, 0.2) is 40.1 Å². The largest absolute Gasteiger partial charge is 0.466 e. The van der Waals surface area contributed by atoms with E-state index in [-0.39, 0.29) is 12.5 Å². The maximum Gasteiger partial charge on any atom is 0.341 e. The summed E-state index contributed by atoms with van der Waals surface area (Å²) in [4.78, 5) is 25.2. The highest BCUT2D eigenvalue weighted by Crippen LogP contribution is 2.39. The van der Waals surface area contributed by atoms with E-state index in [1.807, 2.05) is 18.2 Å². The smallest absolute Gasteiger partial charge is 0.341 e. The molecule has 0 saturated heterocycles. The van der Waals surface area contributed by atoms with Crippen LogP contribution in [0.1, 0.15) is 39.2 Å². The Labute approximate surface area is 165 Å². The van der Waals surface area contributed by atoms with Crippen molar-refractivity contribution >= 4 is 39.8 Å². The zero-order valence-corrected chi connectivity index (χ0v) is 16.7. The lowest BCUT2D eigenvalue weighted by Gasteiger charge is -2.09. The van der Waals surface area contributed by atoms with Crippen LogP contribution >= 0.6 is 22.9 Å². The molecule has 7 heteroatoms. The highest BCUT2D eigenvalue weighted by Gasteiger charge is 2.25. The molecule has 3 aromatic rings. The average Bonchev–Trinajstić information content (AvgIpc) is 3.18. The summed E-state index contributed by atoms with van der Waals surface area (Å²) in [5, 5.41) is 5.52. The second kappa shape index (κ2) is 7.98. The van der Waals surface area contributed by atoms with E-state index in [0.717, 1.165) is 0 Å². The summed E-state index contributed by atoms with van der Waals surface area (Å²) in [6.07, 6.45) is 0. The van der Waals surface area contributed by atoms with Gasteiger partial charge in [-0.3, -0.25) is 4.79 Å². The molecule has 1 N–H and O–H groups in total. The highest BCUT2D eigenvalue weighted by molar-refractivity contribution is 7.15. The number of thiophene rings is 1. The third-order valence-corrected chi connectivity index (χ3v) is 5.17. The Hall–Kier alpha value is -2.57. The molecular formula is C20H18ClNO4S. The number of hydrogen-bond donors (Lipinski definition) is 1. The SMILES string of the molecule is CCOC(=O)c1c(-c2ccccc2Cl)csc1NC(=O)c1cc(C)oc1C. The van der Waals surface area contributed by atoms with E-state index < -0.39 is 5.97 Å². The monoisotopic (exact) mass is 403 g/mol. The van der Waals surface area contributed by atoms with E-state index in [1.165, 1.54) is 11.3 Å². The molecule has 1 aromatic carbocycles. The zero-order valence-electron chi connectivity index (χ0n) is 15.1. The Kier molecular flexibility index (Phi) is 5.68. The van der Waals surface area contributed by atoms with Gasteiger partial charge in [-0.15, -0.1) is 11.3 Å². The molecule has 0 fully saturated rings. The van der Waals surface area contributed by atoms with Crippen LogP contribution in [0.5, 0.6) is 0 Å². The van der Waals surface area contributed by atoms with Gasteiger partial charge in [-0.25, -0.2) is 4.79 Å². The first-order chi connectivity index (χ1) is 12.9. The van der Waals surface area contributed by atoms with Crippen LogP contribution in [0.4, 0.5) is 5.00 Å². The van der Waals surface area contributed by atoms with Crippen molar-refractivity contribution in [1.29, 1.82) is 0 Å². The van der Waals surface area contributed by atoms with Crippen LogP contribution in [0, 0.1) is 13.8 Å². The molecule has 2 aromatic heterocycles. The Bertz CT molecular complexity index is 1010. The van der Waals surface area contributed by atoms with Gasteiger partial charge in [0.15, 0.2) is 0 Å². The predicted molar refractivity (Wildman–Crippen MR) is 107 cm³/mol. The second-order valence-electron chi connectivity index (χ2n) is 5.83. The molecule has 0 aliphatic carbocycles. The molecule has 0 bridgehead atoms. The van der Waals surface area contributed by atoms with Gasteiger partial charge in [-0.1, -0.05) is 29.8 Å². The summed E-state index contributed by atoms with van der Waals surface area (Å²) in [6.45, 7) is 5.45. The first kappa shape index (κ1) is 19.2. The molecule has 0 aliphatic heterocycles. The van der Waals surface area contributed by atoms with Crippen LogP contribution in [0.2, 0.25) is 5.02 Å². The van der Waals surface area contributed by atoms with Crippen molar-refractivity contribution in [3.05, 3.63) is 63.4 Å². The molecule has 2 heterocycles. The minimum atomic E-state index is -0.510. The summed E-state index contributed by atoms with van der Waals surface area (Å²) in [5.74, 6) is 0.309. The van der Waals surface area contributed by atoms with Gasteiger partial charge < -0.3 is 14.5 Å². The fourth-order valence-electron chi connectivity index (χ4n) is 2.76. The number of aryl methyl sites for hydroxylation is 2. The molecule has 0 atom stereocenters. The lowest BCUT2D eigenvalue weighted by atomic mass is 10.0. The van der Waals surface area contributed by atoms with Crippen LogP contribution < -0.4 is 5.32 Å². The zero-order chi connectivity index (χ0) is 19.6. The van der Waals surface area contributed by atoms with E-state index in [0.29, 0.717) is 43.8 Å². The predicted octanol–water partition coefficient (Wildman–Crippen LogP) is 5.71. The molecule has 1 amide bonds. The number of carbonyl (C=O) groups is 2. The van der Waals surface area contributed by atoms with Crippen LogP contribution in [0.3, 0.4) is 0 Å². The maximum absolute atomic E-state index is 12.7. The van der Waals surface area contributed by atoms with Gasteiger partial charge in [0, 0.05) is 21.5 Å². The number of ether oxygens (including phenoxy) is 1. The summed E-state index contributed by atoms with van der Waals surface area (Å²) in [7, 11) is 0. The standard InChI is InChI=1S/C20H18ClNO4S/c1-4-25-20(24)17-15(13-7-5-6-8-16(13)21)10-27-19(17)22-18(23)14-9-11(2)26-12(14)3/h5-10H,4H2,1-3H3,(H,22,23). The van der Waals surface area contributed by atoms with Gasteiger partial charge in [0.2, 0.25) is 0 Å². The topological polar surface area (TPSA) is 68.5 Å². The van der Waals surface area contributed by atoms with E-state index in [2.05, 4.69) is 5.32 Å². The maximum atomic E-state index is 12.7. The Morgan fingerprint density at radius 3 is 2.59 bits per heavy atom. The number of carbonyl (C=O) groups excluding carboxylic acids is 2. The number of esters is 1. The van der Waals surface area contributed by atoms with Gasteiger partial charge in [-0.05, 0) is 32.9 Å². The molecule has 0 radical (unpaired) electrons. The van der Waals surface area contributed by atoms with E-state index >= 15 is 0 Å². The van der Waals surface area contributed by atoms with Crippen molar-refractivity contribution in [1.82, 2.24) is 0 Å². The summed E-state index contributed by atoms with van der Waals surface area (Å²) < 4.78 is 10.6. The lowest BCUT2D eigenvalue weighted by molar-refractivity contribution is 0.0529. The van der Waals surface area contributed by atoms with Gasteiger partial charge in [0.25, 0.3) is 5.91 Å². The third kappa shape index (κ3) is 3.91. The van der Waals surface area contributed by atoms with E-state index in [4.69, 9.17) is 20.8 Å². The Balaban J connectivity index is 2.03. The van der Waals surface area contributed by atoms with E-state index in [9.17, 15) is 9.59 Å². The van der Waals surface area contributed by atoms with Gasteiger partial charge in [-0.2, -0.15) is 0 Å². The highest BCUT2D eigenvalue weighted by atomic mass is 35.5. The molecule has 140 valence electrons. The summed E-state index contributed by atoms with van der Waals surface area (Å²) in [5.41, 5.74) is 2.05. The number of hydrogen-bond acceptors (Lipinski definition) is 5. The van der Waals surface area contributed by atoms with Crippen molar-refractivity contribution in [2.75, 3.05) is 11.9 Å². The molecule has 0 aliphatic rings. The number of anilines is 1. The van der Waals surface area contributed by atoms with Crippen LogP contribution in [-0.2, 0) is 4.74 Å². The van der Waals surface area contributed by atoms with Crippen molar-refractivity contribution in [2.24, 2.45) is 0 Å². The first-order valence-corrected chi connectivity index (χ1v) is 9.60. The molecule has 5 nitrogen and oxygen atoms in total. The minimum Gasteiger partial charge on any atom is -0.466 e. The number of furan rings is 1. The third-order valence-electron chi connectivity index (χ3n) is 3.95. The number of nitrogens with one attached hydrogen (secondary N) is 1. The van der Waals surface area contributed by atoms with Crippen molar-refractivity contribution in [3.8, 4) is 11.1 Å². The average molecular weight is 404 g/mol. The minimum absolute atomic E-state index is 0.226. The quantitative estimate of drug-likeness (QED) is 0.554. The number of amides is 1. The van der Waals surface area contributed by atoms with Crippen LogP contribution in [-0.4, -0.2) is 18.5 Å². The summed E-state index contributed by atoms with van der Waals surface area (Å²) >= 11 is 7.55. The van der Waals surface area contributed by atoms with Crippen molar-refractivity contribution < 1.29 is 18.7 Å². The second-order valence-corrected chi connectivity index (χ2v) is 7.12. The Morgan fingerprint density at radius 2 is 1.96 bits per heavy atom. The fraction of sp³-hybridized carbons (Fsp3) is 0.200. The lowest BCUT2D eigenvalue weighted by Crippen LogP contribution is -2.15. The number of rotatable bonds is 5. The van der Waals surface area contributed by atoms with Gasteiger partial charge in [0.05, 0.1) is 12.2 Å². The Morgan fingerprint density at radius 1 is 1.22 bits per heavy atom. The van der Waals surface area contributed by atoms with Gasteiger partial charge in [0.1, 0.15) is 22.1 Å². The van der Waals surface area contributed by atoms with Crippen molar-refractivity contribution in [2.45, 2.75) is 20.8 Å². The van der Waals surface area contributed by atoms with E-state index in [1.54, 1.807) is 38.3 Å². The van der Waals surface area contributed by atoms with Crippen molar-refractivity contribution in [3.63, 3.8) is 0 Å². The molecule has 3 rings (SSSR count). The van der Waals surface area contributed by atoms with Crippen LogP contribution in [0.25, 0.3) is 11.1 Å². The molecule has 27 heavy (non-hydrogen) atoms. The molecule has 0 spiro atoms. The molecule has 0 saturated carbocycles. The summed E-state index contributed by atoms with van der Waals surface area (Å²) in [6, 6.07) is 8.89. The normalized spacial score (nSPS) is 10.7. The first-order valence-electron chi connectivity index (χ1n) is 8.34. The number of halogens is 1.